The highest BCUT2D eigenvalue weighted by Crippen LogP contribution is 2.22. The quantitative estimate of drug-likeness (QED) is 0.806. The van der Waals surface area contributed by atoms with E-state index in [4.69, 9.17) is 0 Å². The first-order valence-electron chi connectivity index (χ1n) is 7.23. The van der Waals surface area contributed by atoms with E-state index in [0.29, 0.717) is 5.54 Å². The normalized spacial score (nSPS) is 33.2. The van der Waals surface area contributed by atoms with E-state index in [9.17, 15) is 0 Å². The van der Waals surface area contributed by atoms with Gasteiger partial charge in [0, 0.05) is 18.1 Å². The summed E-state index contributed by atoms with van der Waals surface area (Å²) in [6, 6.07) is 0.804. The lowest BCUT2D eigenvalue weighted by molar-refractivity contribution is 0.105. The SMILES string of the molecule is CN(C)C1CCN(CC2(C)CCCCN2)CC1. The lowest BCUT2D eigenvalue weighted by Crippen LogP contribution is -2.55. The fraction of sp³-hybridized carbons (Fsp3) is 1.00. The maximum absolute atomic E-state index is 3.72. The Kier molecular flexibility index (Phi) is 4.45. The van der Waals surface area contributed by atoms with Gasteiger partial charge in [-0.3, -0.25) is 0 Å². The van der Waals surface area contributed by atoms with E-state index in [2.05, 4.69) is 36.1 Å². The van der Waals surface area contributed by atoms with Crippen LogP contribution >= 0.6 is 0 Å². The number of likely N-dealkylation sites (tertiary alicyclic amines) is 1. The van der Waals surface area contributed by atoms with Gasteiger partial charge in [-0.2, -0.15) is 0 Å². The van der Waals surface area contributed by atoms with Gasteiger partial charge in [-0.25, -0.2) is 0 Å². The highest BCUT2D eigenvalue weighted by molar-refractivity contribution is 4.91. The van der Waals surface area contributed by atoms with Gasteiger partial charge in [-0.05, 0) is 66.3 Å². The van der Waals surface area contributed by atoms with Crippen LogP contribution < -0.4 is 5.32 Å². The van der Waals surface area contributed by atoms with E-state index in [1.165, 1.54) is 58.3 Å². The third-order valence-electron chi connectivity index (χ3n) is 4.57. The Morgan fingerprint density at radius 2 is 1.94 bits per heavy atom. The van der Waals surface area contributed by atoms with Crippen molar-refractivity contribution >= 4 is 0 Å². The topological polar surface area (TPSA) is 18.5 Å². The molecule has 2 rings (SSSR count). The average molecular weight is 239 g/mol. The van der Waals surface area contributed by atoms with Crippen LogP contribution in [0.5, 0.6) is 0 Å². The number of rotatable bonds is 3. The fourth-order valence-electron chi connectivity index (χ4n) is 3.34. The molecule has 1 unspecified atom stereocenters. The number of nitrogens with zero attached hydrogens (tertiary/aromatic N) is 2. The van der Waals surface area contributed by atoms with Gasteiger partial charge < -0.3 is 15.1 Å². The zero-order valence-electron chi connectivity index (χ0n) is 11.8. The van der Waals surface area contributed by atoms with Crippen molar-refractivity contribution in [2.24, 2.45) is 0 Å². The van der Waals surface area contributed by atoms with Gasteiger partial charge in [0.05, 0.1) is 0 Å². The fourth-order valence-corrected chi connectivity index (χ4v) is 3.34. The maximum Gasteiger partial charge on any atom is 0.0280 e. The first-order valence-corrected chi connectivity index (χ1v) is 7.23. The molecular formula is C14H29N3. The molecule has 3 heteroatoms. The Morgan fingerprint density at radius 1 is 1.24 bits per heavy atom. The van der Waals surface area contributed by atoms with Crippen LogP contribution in [0.1, 0.15) is 39.0 Å². The van der Waals surface area contributed by atoms with Crippen LogP contribution in [0.3, 0.4) is 0 Å². The number of piperidine rings is 2. The largest absolute Gasteiger partial charge is 0.310 e. The van der Waals surface area contributed by atoms with Crippen molar-refractivity contribution in [1.29, 1.82) is 0 Å². The molecule has 2 heterocycles. The second kappa shape index (κ2) is 5.68. The van der Waals surface area contributed by atoms with Gasteiger partial charge in [0.1, 0.15) is 0 Å². The molecule has 0 aromatic carbocycles. The van der Waals surface area contributed by atoms with Crippen molar-refractivity contribution in [3.63, 3.8) is 0 Å². The van der Waals surface area contributed by atoms with Crippen molar-refractivity contribution in [3.05, 3.63) is 0 Å². The van der Waals surface area contributed by atoms with Crippen molar-refractivity contribution in [2.45, 2.75) is 50.6 Å². The summed E-state index contributed by atoms with van der Waals surface area (Å²) in [4.78, 5) is 5.05. The molecule has 2 aliphatic rings. The van der Waals surface area contributed by atoms with Gasteiger partial charge in [0.2, 0.25) is 0 Å². The monoisotopic (exact) mass is 239 g/mol. The van der Waals surface area contributed by atoms with Crippen LogP contribution in [0.4, 0.5) is 0 Å². The predicted octanol–water partition coefficient (Wildman–Crippen LogP) is 1.54. The first kappa shape index (κ1) is 13.3. The maximum atomic E-state index is 3.72. The molecule has 1 N–H and O–H groups in total. The molecule has 2 aliphatic heterocycles. The van der Waals surface area contributed by atoms with Crippen molar-refractivity contribution in [1.82, 2.24) is 15.1 Å². The highest BCUT2D eigenvalue weighted by Gasteiger charge is 2.30. The van der Waals surface area contributed by atoms with Crippen LogP contribution in [0, 0.1) is 0 Å². The predicted molar refractivity (Wildman–Crippen MR) is 73.4 cm³/mol. The molecule has 0 aliphatic carbocycles. The van der Waals surface area contributed by atoms with Crippen molar-refractivity contribution < 1.29 is 0 Å². The summed E-state index contributed by atoms with van der Waals surface area (Å²) >= 11 is 0. The summed E-state index contributed by atoms with van der Waals surface area (Å²) in [5.74, 6) is 0. The lowest BCUT2D eigenvalue weighted by Gasteiger charge is -2.42. The third kappa shape index (κ3) is 3.67. The van der Waals surface area contributed by atoms with Crippen LogP contribution in [-0.4, -0.2) is 61.7 Å². The highest BCUT2D eigenvalue weighted by atomic mass is 15.2. The van der Waals surface area contributed by atoms with Gasteiger partial charge in [0.15, 0.2) is 0 Å². The average Bonchev–Trinajstić information content (AvgIpc) is 2.30. The van der Waals surface area contributed by atoms with Crippen LogP contribution in [0.25, 0.3) is 0 Å². The summed E-state index contributed by atoms with van der Waals surface area (Å²) in [6.45, 7) is 7.42. The molecule has 0 amide bonds. The van der Waals surface area contributed by atoms with E-state index in [1.807, 2.05) is 0 Å². The second-order valence-electron chi connectivity index (χ2n) is 6.42. The molecule has 0 radical (unpaired) electrons. The van der Waals surface area contributed by atoms with Crippen molar-refractivity contribution in [2.75, 3.05) is 40.3 Å². The molecule has 3 nitrogen and oxygen atoms in total. The molecule has 2 fully saturated rings. The molecule has 1 atom stereocenters. The molecule has 0 saturated carbocycles. The molecule has 17 heavy (non-hydrogen) atoms. The van der Waals surface area contributed by atoms with E-state index in [-0.39, 0.29) is 0 Å². The Balaban J connectivity index is 1.77. The summed E-state index contributed by atoms with van der Waals surface area (Å²) in [7, 11) is 4.43. The first-order chi connectivity index (χ1) is 8.09. The van der Waals surface area contributed by atoms with Crippen LogP contribution in [0.2, 0.25) is 0 Å². The lowest BCUT2D eigenvalue weighted by atomic mass is 9.89. The van der Waals surface area contributed by atoms with Gasteiger partial charge in [0.25, 0.3) is 0 Å². The zero-order valence-corrected chi connectivity index (χ0v) is 11.8. The Bertz CT molecular complexity index is 226. The summed E-state index contributed by atoms with van der Waals surface area (Å²) in [6.07, 6.45) is 6.78. The molecular weight excluding hydrogens is 210 g/mol. The standard InChI is InChI=1S/C14H29N3/c1-14(8-4-5-9-15-14)12-17-10-6-13(7-11-17)16(2)3/h13,15H,4-12H2,1-3H3. The molecule has 0 spiro atoms. The van der Waals surface area contributed by atoms with Crippen LogP contribution in [0.15, 0.2) is 0 Å². The summed E-state index contributed by atoms with van der Waals surface area (Å²) in [5.41, 5.74) is 0.378. The van der Waals surface area contributed by atoms with Gasteiger partial charge in [-0.15, -0.1) is 0 Å². The third-order valence-corrected chi connectivity index (χ3v) is 4.57. The minimum absolute atomic E-state index is 0.378. The molecule has 0 aromatic rings. The van der Waals surface area contributed by atoms with E-state index in [1.54, 1.807) is 0 Å². The molecule has 2 saturated heterocycles. The Morgan fingerprint density at radius 3 is 2.47 bits per heavy atom. The molecule has 0 bridgehead atoms. The number of hydrogen-bond donors (Lipinski definition) is 1. The minimum atomic E-state index is 0.378. The van der Waals surface area contributed by atoms with Crippen molar-refractivity contribution in [3.8, 4) is 0 Å². The zero-order chi connectivity index (χ0) is 12.3. The van der Waals surface area contributed by atoms with Gasteiger partial charge >= 0.3 is 0 Å². The van der Waals surface area contributed by atoms with Gasteiger partial charge in [-0.1, -0.05) is 6.42 Å². The second-order valence-corrected chi connectivity index (χ2v) is 6.42. The summed E-state index contributed by atoms with van der Waals surface area (Å²) < 4.78 is 0. The summed E-state index contributed by atoms with van der Waals surface area (Å²) in [5, 5.41) is 3.72. The smallest absolute Gasteiger partial charge is 0.0280 e. The number of hydrogen-bond acceptors (Lipinski definition) is 3. The van der Waals surface area contributed by atoms with E-state index >= 15 is 0 Å². The minimum Gasteiger partial charge on any atom is -0.310 e. The Hall–Kier alpha value is -0.120. The molecule has 0 aromatic heterocycles. The van der Waals surface area contributed by atoms with E-state index in [0.717, 1.165) is 6.04 Å². The van der Waals surface area contributed by atoms with Crippen LogP contribution in [-0.2, 0) is 0 Å². The molecule has 100 valence electrons. The van der Waals surface area contributed by atoms with E-state index < -0.39 is 0 Å². The Labute approximate surface area is 107 Å². The number of nitrogens with one attached hydrogen (secondary N) is 1.